The molecule has 10 heteroatoms. The molecule has 0 radical (unpaired) electrons. The van der Waals surface area contributed by atoms with Gasteiger partial charge in [-0.25, -0.2) is 0 Å². The maximum atomic E-state index is 10.9. The van der Waals surface area contributed by atoms with Gasteiger partial charge in [-0.2, -0.15) is 11.0 Å². The molecular formula is C20H34N6O4. The first-order valence-corrected chi connectivity index (χ1v) is 9.68. The molecule has 0 saturated heterocycles. The van der Waals surface area contributed by atoms with Gasteiger partial charge in [-0.3, -0.25) is 19.3 Å². The van der Waals surface area contributed by atoms with Crippen LogP contribution in [-0.4, -0.2) is 62.3 Å². The summed E-state index contributed by atoms with van der Waals surface area (Å²) in [7, 11) is 0. The number of nitrogens with one attached hydrogen (secondary N) is 4. The molecule has 0 spiro atoms. The van der Waals surface area contributed by atoms with Gasteiger partial charge < -0.3 is 22.1 Å². The van der Waals surface area contributed by atoms with Gasteiger partial charge in [0.15, 0.2) is 0 Å². The van der Waals surface area contributed by atoms with Gasteiger partial charge in [0.25, 0.3) is 0 Å². The number of carbonyl (C=O) groups excluding carboxylic acids is 2. The molecule has 2 amide bonds. The van der Waals surface area contributed by atoms with E-state index < -0.39 is 0 Å². The summed E-state index contributed by atoms with van der Waals surface area (Å²) in [5.74, 6) is -0.723. The van der Waals surface area contributed by atoms with E-state index in [0.717, 1.165) is 11.1 Å². The smallest absolute Gasteiger partial charge is 0.238 e. The number of nitrogens with two attached hydrogens (primary N) is 2. The Morgan fingerprint density at radius 1 is 0.967 bits per heavy atom. The number of hydroxylamine groups is 2. The number of amides is 2. The lowest BCUT2D eigenvalue weighted by atomic mass is 10.0. The predicted molar refractivity (Wildman–Crippen MR) is 116 cm³/mol. The van der Waals surface area contributed by atoms with Gasteiger partial charge in [0.05, 0.1) is 25.3 Å². The zero-order chi connectivity index (χ0) is 22.5. The van der Waals surface area contributed by atoms with E-state index in [9.17, 15) is 9.59 Å². The van der Waals surface area contributed by atoms with Crippen molar-refractivity contribution in [1.82, 2.24) is 21.6 Å². The fraction of sp³-hybridized carbons (Fsp3) is 0.500. The summed E-state index contributed by atoms with van der Waals surface area (Å²) in [6.07, 6.45) is 6.94. The van der Waals surface area contributed by atoms with Crippen LogP contribution in [0.1, 0.15) is 13.8 Å². The van der Waals surface area contributed by atoms with Crippen molar-refractivity contribution in [3.05, 3.63) is 48.6 Å². The highest BCUT2D eigenvalue weighted by molar-refractivity contribution is 5.82. The molecule has 10 nitrogen and oxygen atoms in total. The van der Waals surface area contributed by atoms with Crippen LogP contribution in [0.4, 0.5) is 0 Å². The predicted octanol–water partition coefficient (Wildman–Crippen LogP) is -1.07. The van der Waals surface area contributed by atoms with Crippen LogP contribution in [-0.2, 0) is 19.3 Å². The van der Waals surface area contributed by atoms with Gasteiger partial charge in [0.2, 0.25) is 11.8 Å². The summed E-state index contributed by atoms with van der Waals surface area (Å²) >= 11 is 0. The molecule has 30 heavy (non-hydrogen) atoms. The second-order valence-electron chi connectivity index (χ2n) is 6.94. The summed E-state index contributed by atoms with van der Waals surface area (Å²) in [6, 6.07) is -0.606. The van der Waals surface area contributed by atoms with Crippen molar-refractivity contribution in [2.45, 2.75) is 38.0 Å². The Morgan fingerprint density at radius 2 is 1.33 bits per heavy atom. The van der Waals surface area contributed by atoms with E-state index in [1.54, 1.807) is 24.3 Å². The minimum Gasteiger partial charge on any atom is -0.368 e. The quantitative estimate of drug-likeness (QED) is 0.148. The van der Waals surface area contributed by atoms with E-state index >= 15 is 0 Å². The average molecular weight is 423 g/mol. The number of hydrogen-bond acceptors (Lipinski definition) is 8. The average Bonchev–Trinajstić information content (AvgIpc) is 2.71. The monoisotopic (exact) mass is 422 g/mol. The molecule has 168 valence electrons. The van der Waals surface area contributed by atoms with Crippen LogP contribution in [0.15, 0.2) is 48.6 Å². The summed E-state index contributed by atoms with van der Waals surface area (Å²) in [6.45, 7) is 13.1. The van der Waals surface area contributed by atoms with E-state index in [0.29, 0.717) is 26.3 Å². The van der Waals surface area contributed by atoms with Crippen molar-refractivity contribution < 1.29 is 19.3 Å². The Labute approximate surface area is 177 Å². The van der Waals surface area contributed by atoms with E-state index in [1.807, 2.05) is 13.8 Å². The maximum absolute atomic E-state index is 10.9. The van der Waals surface area contributed by atoms with Crippen molar-refractivity contribution in [1.29, 1.82) is 0 Å². The first kappa shape index (κ1) is 25.7. The van der Waals surface area contributed by atoms with E-state index in [4.69, 9.17) is 21.1 Å². The molecule has 0 aromatic heterocycles. The molecular weight excluding hydrogens is 388 g/mol. The maximum Gasteiger partial charge on any atom is 0.238 e. The number of hydrogen-bond donors (Lipinski definition) is 6. The molecule has 0 unspecified atom stereocenters. The van der Waals surface area contributed by atoms with Crippen molar-refractivity contribution >= 4 is 11.8 Å². The Morgan fingerprint density at radius 3 is 1.60 bits per heavy atom. The van der Waals surface area contributed by atoms with E-state index in [-0.39, 0.29) is 36.0 Å². The molecule has 0 aromatic rings. The van der Waals surface area contributed by atoms with Crippen LogP contribution in [0.5, 0.6) is 0 Å². The Hall–Kier alpha value is -2.34. The molecule has 0 aromatic carbocycles. The lowest BCUT2D eigenvalue weighted by molar-refractivity contribution is -0.120. The molecule has 8 N–H and O–H groups in total. The number of primary amides is 2. The van der Waals surface area contributed by atoms with Crippen LogP contribution in [0, 0.1) is 0 Å². The number of rotatable bonds is 10. The SMILES string of the molecule is C=CCON[C@H]1CN[C@@H](C(N)=O)C=C1C.C=CCON[C@H]1CN[C@H](C(N)=O)C=C1C. The van der Waals surface area contributed by atoms with Crippen molar-refractivity contribution in [3.8, 4) is 0 Å². The molecule has 0 saturated carbocycles. The fourth-order valence-electron chi connectivity index (χ4n) is 2.74. The topological polar surface area (TPSA) is 153 Å². The zero-order valence-electron chi connectivity index (χ0n) is 17.6. The molecule has 0 aliphatic carbocycles. The molecule has 4 atom stereocenters. The second kappa shape index (κ2) is 13.8. The third-order valence-corrected chi connectivity index (χ3v) is 4.51. The third kappa shape index (κ3) is 8.99. The van der Waals surface area contributed by atoms with Gasteiger partial charge in [-0.15, -0.1) is 13.2 Å². The van der Waals surface area contributed by atoms with Gasteiger partial charge >= 0.3 is 0 Å². The lowest BCUT2D eigenvalue weighted by Gasteiger charge is -2.27. The zero-order valence-corrected chi connectivity index (χ0v) is 17.6. The van der Waals surface area contributed by atoms with Crippen molar-refractivity contribution in [2.75, 3.05) is 26.3 Å². The van der Waals surface area contributed by atoms with E-state index in [2.05, 4.69) is 34.8 Å². The normalized spacial score (nSPS) is 25.8. The van der Waals surface area contributed by atoms with Crippen LogP contribution >= 0.6 is 0 Å². The Balaban J connectivity index is 0.000000300. The third-order valence-electron chi connectivity index (χ3n) is 4.51. The summed E-state index contributed by atoms with van der Waals surface area (Å²) in [4.78, 5) is 32.1. The van der Waals surface area contributed by atoms with Gasteiger partial charge in [0.1, 0.15) is 12.1 Å². The van der Waals surface area contributed by atoms with Crippen LogP contribution < -0.4 is 33.1 Å². The minimum absolute atomic E-state index is 0.0700. The first-order chi connectivity index (χ1) is 14.3. The standard InChI is InChI=1S/2C10H17N3O2/c2*1-3-4-15-13-9-6-12-8(10(11)14)5-7(9)2/h2*3,5,8-9,12-13H,1,4,6H2,2H3,(H2,11,14)/t8-,9+;8-,9-/m10/s1. The fourth-order valence-corrected chi connectivity index (χ4v) is 2.74. The van der Waals surface area contributed by atoms with E-state index in [1.165, 1.54) is 0 Å². The summed E-state index contributed by atoms with van der Waals surface area (Å²) < 4.78 is 0. The van der Waals surface area contributed by atoms with Crippen molar-refractivity contribution in [3.63, 3.8) is 0 Å². The first-order valence-electron chi connectivity index (χ1n) is 9.68. The highest BCUT2D eigenvalue weighted by Crippen LogP contribution is 2.09. The largest absolute Gasteiger partial charge is 0.368 e. The minimum atomic E-state index is -0.373. The molecule has 2 aliphatic heterocycles. The van der Waals surface area contributed by atoms with Gasteiger partial charge in [-0.05, 0) is 13.8 Å². The van der Waals surface area contributed by atoms with Crippen LogP contribution in [0.25, 0.3) is 0 Å². The summed E-state index contributed by atoms with van der Waals surface area (Å²) in [5.41, 5.74) is 18.2. The molecule has 2 aliphatic rings. The highest BCUT2D eigenvalue weighted by atomic mass is 16.6. The second-order valence-corrected chi connectivity index (χ2v) is 6.94. The summed E-state index contributed by atoms with van der Waals surface area (Å²) in [5, 5.41) is 6.01. The number of carbonyl (C=O) groups is 2. The highest BCUT2D eigenvalue weighted by Gasteiger charge is 2.23. The molecule has 0 fully saturated rings. The molecule has 0 bridgehead atoms. The Bertz CT molecular complexity index is 608. The lowest BCUT2D eigenvalue weighted by Crippen LogP contribution is -2.51. The molecule has 2 heterocycles. The van der Waals surface area contributed by atoms with Crippen LogP contribution in [0.2, 0.25) is 0 Å². The van der Waals surface area contributed by atoms with Gasteiger partial charge in [-0.1, -0.05) is 35.5 Å². The van der Waals surface area contributed by atoms with Crippen molar-refractivity contribution in [2.24, 2.45) is 11.5 Å². The van der Waals surface area contributed by atoms with Crippen LogP contribution in [0.3, 0.4) is 0 Å². The van der Waals surface area contributed by atoms with Gasteiger partial charge in [0, 0.05) is 13.1 Å². The Kier molecular flexibility index (Phi) is 11.8. The molecule has 2 rings (SSSR count).